The van der Waals surface area contributed by atoms with E-state index < -0.39 is 0 Å². The van der Waals surface area contributed by atoms with Crippen molar-refractivity contribution in [3.05, 3.63) is 66.1 Å². The van der Waals surface area contributed by atoms with E-state index >= 15 is 0 Å². The number of methoxy groups -OCH3 is 1. The van der Waals surface area contributed by atoms with Crippen molar-refractivity contribution in [3.8, 4) is 17.2 Å². The molecule has 0 radical (unpaired) electrons. The van der Waals surface area contributed by atoms with Crippen LogP contribution in [-0.4, -0.2) is 37.8 Å². The van der Waals surface area contributed by atoms with Gasteiger partial charge in [-0.25, -0.2) is 9.98 Å². The zero-order chi connectivity index (χ0) is 21.9. The molecule has 0 amide bonds. The molecule has 0 saturated carbocycles. The topological polar surface area (TPSA) is 80.9 Å². The van der Waals surface area contributed by atoms with Crippen LogP contribution >= 0.6 is 24.0 Å². The van der Waals surface area contributed by atoms with E-state index in [-0.39, 0.29) is 24.0 Å². The van der Waals surface area contributed by atoms with Crippen molar-refractivity contribution in [2.24, 2.45) is 4.99 Å². The van der Waals surface area contributed by atoms with Crippen LogP contribution in [0.25, 0.3) is 11.5 Å². The second-order valence-corrected chi connectivity index (χ2v) is 7.05. The Labute approximate surface area is 206 Å². The third-order valence-corrected chi connectivity index (χ3v) is 4.45. The zero-order valence-electron chi connectivity index (χ0n) is 18.8. The molecule has 0 aliphatic carbocycles. The van der Waals surface area contributed by atoms with Crippen LogP contribution in [0.3, 0.4) is 0 Å². The van der Waals surface area contributed by atoms with Gasteiger partial charge in [0.1, 0.15) is 17.7 Å². The smallest absolute Gasteiger partial charge is 0.226 e. The van der Waals surface area contributed by atoms with Crippen LogP contribution in [0.5, 0.6) is 5.75 Å². The maximum absolute atomic E-state index is 5.77. The van der Waals surface area contributed by atoms with Crippen molar-refractivity contribution in [2.75, 3.05) is 32.2 Å². The lowest BCUT2D eigenvalue weighted by atomic mass is 10.1. The fourth-order valence-electron chi connectivity index (χ4n) is 2.87. The predicted molar refractivity (Wildman–Crippen MR) is 139 cm³/mol. The molecule has 32 heavy (non-hydrogen) atoms. The Balaban J connectivity index is 0.00000363. The van der Waals surface area contributed by atoms with Crippen molar-refractivity contribution in [2.45, 2.75) is 26.8 Å². The lowest BCUT2D eigenvalue weighted by molar-refractivity contribution is 0.172. The summed E-state index contributed by atoms with van der Waals surface area (Å²) in [6.07, 6.45) is 2.50. The quantitative estimate of drug-likeness (QED) is 0.155. The van der Waals surface area contributed by atoms with Gasteiger partial charge >= 0.3 is 0 Å². The van der Waals surface area contributed by atoms with Gasteiger partial charge in [-0.3, -0.25) is 0 Å². The lowest BCUT2D eigenvalue weighted by Crippen LogP contribution is -2.30. The Hall–Kier alpha value is -2.59. The third kappa shape index (κ3) is 8.16. The Bertz CT molecular complexity index is 973. The number of aryl methyl sites for hydroxylation is 1. The van der Waals surface area contributed by atoms with Gasteiger partial charge in [0.2, 0.25) is 5.89 Å². The Morgan fingerprint density at radius 3 is 2.69 bits per heavy atom. The summed E-state index contributed by atoms with van der Waals surface area (Å²) in [5, 5.41) is 6.56. The molecule has 0 saturated heterocycles. The Morgan fingerprint density at radius 1 is 1.12 bits per heavy atom. The number of aromatic nitrogens is 1. The Morgan fingerprint density at radius 2 is 1.94 bits per heavy atom. The van der Waals surface area contributed by atoms with Gasteiger partial charge < -0.3 is 24.5 Å². The summed E-state index contributed by atoms with van der Waals surface area (Å²) in [6.45, 7) is 6.52. The van der Waals surface area contributed by atoms with Gasteiger partial charge in [-0.05, 0) is 38.1 Å². The molecule has 0 bridgehead atoms. The third-order valence-electron chi connectivity index (χ3n) is 4.45. The summed E-state index contributed by atoms with van der Waals surface area (Å²) < 4.78 is 16.4. The van der Waals surface area contributed by atoms with Crippen LogP contribution in [0.15, 0.2) is 64.2 Å². The molecule has 3 aromatic rings. The number of aliphatic imine (C=N–C) groups is 1. The SMILES string of the molecule is CCNC(=NCc1coc(-c2ccc(C)cc2)n1)Nc1cccc(OCCCOC)c1.I. The molecular weight excluding hydrogens is 519 g/mol. The van der Waals surface area contributed by atoms with E-state index in [1.165, 1.54) is 5.56 Å². The van der Waals surface area contributed by atoms with E-state index in [1.807, 2.05) is 55.5 Å². The standard InChI is InChI=1S/C24H30N4O3.HI/c1-4-25-24(28-20-7-5-8-22(15-20)30-14-6-13-29-3)26-16-21-17-31-23(27-21)19-11-9-18(2)10-12-19;/h5,7-12,15,17H,4,6,13-14,16H2,1-3H3,(H2,25,26,28);1H. The van der Waals surface area contributed by atoms with Crippen molar-refractivity contribution in [1.82, 2.24) is 10.3 Å². The normalized spacial score (nSPS) is 11.0. The first-order valence-electron chi connectivity index (χ1n) is 10.5. The van der Waals surface area contributed by atoms with Crippen LogP contribution in [-0.2, 0) is 11.3 Å². The van der Waals surface area contributed by atoms with Crippen molar-refractivity contribution >= 4 is 35.6 Å². The van der Waals surface area contributed by atoms with Gasteiger partial charge in [-0.2, -0.15) is 0 Å². The number of ether oxygens (including phenoxy) is 2. The van der Waals surface area contributed by atoms with Crippen LogP contribution in [0.1, 0.15) is 24.6 Å². The van der Waals surface area contributed by atoms with Gasteiger partial charge in [-0.1, -0.05) is 23.8 Å². The summed E-state index contributed by atoms with van der Waals surface area (Å²) in [7, 11) is 1.69. The maximum Gasteiger partial charge on any atom is 0.226 e. The van der Waals surface area contributed by atoms with E-state index in [0.29, 0.717) is 31.6 Å². The summed E-state index contributed by atoms with van der Waals surface area (Å²) >= 11 is 0. The van der Waals surface area contributed by atoms with Gasteiger partial charge in [0.15, 0.2) is 5.96 Å². The molecule has 0 aliphatic heterocycles. The highest BCUT2D eigenvalue weighted by Crippen LogP contribution is 2.20. The summed E-state index contributed by atoms with van der Waals surface area (Å²) in [5.74, 6) is 2.07. The first-order chi connectivity index (χ1) is 15.2. The molecule has 2 N–H and O–H groups in total. The van der Waals surface area contributed by atoms with Crippen molar-refractivity contribution in [3.63, 3.8) is 0 Å². The fraction of sp³-hybridized carbons (Fsp3) is 0.333. The first-order valence-corrected chi connectivity index (χ1v) is 10.5. The van der Waals surface area contributed by atoms with Gasteiger partial charge in [0.05, 0.1) is 13.2 Å². The molecule has 8 heteroatoms. The Kier molecular flexibility index (Phi) is 11.0. The zero-order valence-corrected chi connectivity index (χ0v) is 21.1. The van der Waals surface area contributed by atoms with Crippen LogP contribution < -0.4 is 15.4 Å². The van der Waals surface area contributed by atoms with E-state index in [2.05, 4.69) is 27.5 Å². The second kappa shape index (κ2) is 13.7. The van der Waals surface area contributed by atoms with E-state index in [4.69, 9.17) is 13.9 Å². The number of guanidine groups is 1. The molecule has 1 aromatic heterocycles. The van der Waals surface area contributed by atoms with Gasteiger partial charge in [-0.15, -0.1) is 24.0 Å². The minimum absolute atomic E-state index is 0. The molecule has 2 aromatic carbocycles. The highest BCUT2D eigenvalue weighted by Gasteiger charge is 2.07. The van der Waals surface area contributed by atoms with Crippen molar-refractivity contribution in [1.29, 1.82) is 0 Å². The van der Waals surface area contributed by atoms with Crippen LogP contribution in [0, 0.1) is 6.92 Å². The number of oxazole rings is 1. The number of anilines is 1. The molecule has 7 nitrogen and oxygen atoms in total. The highest BCUT2D eigenvalue weighted by molar-refractivity contribution is 14.0. The molecule has 0 aliphatic rings. The molecule has 0 atom stereocenters. The van der Waals surface area contributed by atoms with Crippen molar-refractivity contribution < 1.29 is 13.9 Å². The minimum atomic E-state index is 0. The number of hydrogen-bond acceptors (Lipinski definition) is 5. The van der Waals surface area contributed by atoms with Crippen LogP contribution in [0.4, 0.5) is 5.69 Å². The van der Waals surface area contributed by atoms with Crippen LogP contribution in [0.2, 0.25) is 0 Å². The minimum Gasteiger partial charge on any atom is -0.493 e. The van der Waals surface area contributed by atoms with Gasteiger partial charge in [0, 0.05) is 44.0 Å². The second-order valence-electron chi connectivity index (χ2n) is 7.05. The molecule has 1 heterocycles. The lowest BCUT2D eigenvalue weighted by Gasteiger charge is -2.12. The number of halogens is 1. The molecule has 0 unspecified atom stereocenters. The monoisotopic (exact) mass is 550 g/mol. The van der Waals surface area contributed by atoms with E-state index in [9.17, 15) is 0 Å². The maximum atomic E-state index is 5.77. The average molecular weight is 550 g/mol. The summed E-state index contributed by atoms with van der Waals surface area (Å²) in [6, 6.07) is 15.9. The molecule has 3 rings (SSSR count). The number of benzene rings is 2. The molecular formula is C24H31IN4O3. The number of nitrogens with one attached hydrogen (secondary N) is 2. The molecule has 0 fully saturated rings. The summed E-state index contributed by atoms with van der Waals surface area (Å²) in [5.41, 5.74) is 3.81. The number of nitrogens with zero attached hydrogens (tertiary/aromatic N) is 2. The first kappa shape index (κ1) is 25.7. The molecule has 172 valence electrons. The summed E-state index contributed by atoms with van der Waals surface area (Å²) in [4.78, 5) is 9.18. The van der Waals surface area contributed by atoms with Gasteiger partial charge in [0.25, 0.3) is 0 Å². The molecule has 0 spiro atoms. The fourth-order valence-corrected chi connectivity index (χ4v) is 2.87. The number of hydrogen-bond donors (Lipinski definition) is 2. The predicted octanol–water partition coefficient (Wildman–Crippen LogP) is 5.26. The van der Waals surface area contributed by atoms with E-state index in [1.54, 1.807) is 13.4 Å². The highest BCUT2D eigenvalue weighted by atomic mass is 127. The largest absolute Gasteiger partial charge is 0.493 e. The number of rotatable bonds is 10. The van der Waals surface area contributed by atoms with E-state index in [0.717, 1.165) is 35.7 Å². The average Bonchev–Trinajstić information content (AvgIpc) is 3.25.